The topological polar surface area (TPSA) is 243 Å². The Bertz CT molecular complexity index is 352. The third-order valence-corrected chi connectivity index (χ3v) is 4.35. The van der Waals surface area contributed by atoms with Gasteiger partial charge in [-0.15, -0.1) is 0 Å². The molecule has 0 fully saturated rings. The summed E-state index contributed by atoms with van der Waals surface area (Å²) in [6, 6.07) is 0. The van der Waals surface area contributed by atoms with E-state index in [1.54, 1.807) is 0 Å². The SMILES string of the molecule is OC[C@H](O)[C@@H](O)[C@H](O)[C@H](O)C(O)CCCC(O)[C@@H](O)[C@@H](O)[C@H](O)[C@@H](O)CO. The largest absolute Gasteiger partial charge is 0.394 e. The molecule has 0 aliphatic carbocycles. The molecule has 0 spiro atoms. The van der Waals surface area contributed by atoms with E-state index in [0.29, 0.717) is 0 Å². The fourth-order valence-corrected chi connectivity index (χ4v) is 2.41. The van der Waals surface area contributed by atoms with Crippen molar-refractivity contribution in [3.63, 3.8) is 0 Å². The molecule has 12 heteroatoms. The molecule has 0 aromatic carbocycles. The summed E-state index contributed by atoms with van der Waals surface area (Å²) in [7, 11) is 0. The van der Waals surface area contributed by atoms with Gasteiger partial charge < -0.3 is 61.3 Å². The zero-order chi connectivity index (χ0) is 21.3. The highest BCUT2D eigenvalue weighted by molar-refractivity contribution is 4.86. The molecule has 0 radical (unpaired) electrons. The third-order valence-electron chi connectivity index (χ3n) is 4.35. The Balaban J connectivity index is 4.44. The highest BCUT2D eigenvalue weighted by Gasteiger charge is 2.35. The van der Waals surface area contributed by atoms with Gasteiger partial charge in [0, 0.05) is 0 Å². The van der Waals surface area contributed by atoms with E-state index in [2.05, 4.69) is 0 Å². The lowest BCUT2D eigenvalue weighted by Gasteiger charge is -2.30. The second kappa shape index (κ2) is 12.9. The van der Waals surface area contributed by atoms with Gasteiger partial charge in [-0.05, 0) is 19.3 Å². The molecule has 0 aromatic rings. The maximum atomic E-state index is 9.79. The molecule has 12 nitrogen and oxygen atoms in total. The van der Waals surface area contributed by atoms with Crippen LogP contribution < -0.4 is 0 Å². The number of hydrogen-bond acceptors (Lipinski definition) is 12. The van der Waals surface area contributed by atoms with Crippen LogP contribution >= 0.6 is 0 Å². The van der Waals surface area contributed by atoms with E-state index in [-0.39, 0.29) is 19.3 Å². The predicted octanol–water partition coefficient (Wildman–Crippen LogP) is -6.25. The average Bonchev–Trinajstić information content (AvgIpc) is 2.68. The molecule has 0 bridgehead atoms. The van der Waals surface area contributed by atoms with E-state index >= 15 is 0 Å². The van der Waals surface area contributed by atoms with E-state index in [9.17, 15) is 51.1 Å². The first-order valence-corrected chi connectivity index (χ1v) is 8.51. The molecule has 0 saturated carbocycles. The normalized spacial score (nSPS) is 23.6. The molecule has 10 atom stereocenters. The molecule has 27 heavy (non-hydrogen) atoms. The zero-order valence-corrected chi connectivity index (χ0v) is 14.7. The highest BCUT2D eigenvalue weighted by atomic mass is 16.4. The van der Waals surface area contributed by atoms with Gasteiger partial charge in [-0.1, -0.05) is 0 Å². The summed E-state index contributed by atoms with van der Waals surface area (Å²) in [4.78, 5) is 0. The standard InChI is InChI=1S/C15H32O12/c16-4-8(20)12(24)14(26)10(22)6(18)2-1-3-7(19)11(23)15(27)13(25)9(21)5-17/h6-27H,1-5H2/t6?,7?,8-,9-,10+,11+,12+,13+,14+,15+/m0/s1. The lowest BCUT2D eigenvalue weighted by Crippen LogP contribution is -2.50. The fraction of sp³-hybridized carbons (Fsp3) is 1.00. The van der Waals surface area contributed by atoms with Gasteiger partial charge in [0.05, 0.1) is 25.4 Å². The third kappa shape index (κ3) is 8.19. The lowest BCUT2D eigenvalue weighted by molar-refractivity contribution is -0.145. The van der Waals surface area contributed by atoms with Crippen LogP contribution in [-0.2, 0) is 0 Å². The van der Waals surface area contributed by atoms with E-state index in [4.69, 9.17) is 10.2 Å². The van der Waals surface area contributed by atoms with Crippen molar-refractivity contribution < 1.29 is 61.3 Å². The molecule has 164 valence electrons. The van der Waals surface area contributed by atoms with Crippen molar-refractivity contribution in [3.8, 4) is 0 Å². The molecule has 0 rings (SSSR count). The summed E-state index contributed by atoms with van der Waals surface area (Å²) < 4.78 is 0. The summed E-state index contributed by atoms with van der Waals surface area (Å²) >= 11 is 0. The van der Waals surface area contributed by atoms with E-state index < -0.39 is 74.3 Å². The van der Waals surface area contributed by atoms with E-state index in [1.165, 1.54) is 0 Å². The van der Waals surface area contributed by atoms with E-state index in [1.807, 2.05) is 0 Å². The van der Waals surface area contributed by atoms with Crippen LogP contribution in [0.1, 0.15) is 19.3 Å². The molecule has 0 amide bonds. The van der Waals surface area contributed by atoms with Crippen LogP contribution in [0.15, 0.2) is 0 Å². The van der Waals surface area contributed by atoms with Crippen LogP contribution in [0.2, 0.25) is 0 Å². The molecule has 12 N–H and O–H groups in total. The van der Waals surface area contributed by atoms with Crippen molar-refractivity contribution in [2.45, 2.75) is 80.3 Å². The molecule has 0 heterocycles. The van der Waals surface area contributed by atoms with Crippen LogP contribution in [0.3, 0.4) is 0 Å². The second-order valence-corrected chi connectivity index (χ2v) is 6.51. The number of hydrogen-bond donors (Lipinski definition) is 12. The highest BCUT2D eigenvalue weighted by Crippen LogP contribution is 2.16. The quantitative estimate of drug-likeness (QED) is 0.129. The van der Waals surface area contributed by atoms with Gasteiger partial charge in [0.15, 0.2) is 0 Å². The number of aliphatic hydroxyl groups is 12. The van der Waals surface area contributed by atoms with Crippen molar-refractivity contribution in [1.29, 1.82) is 0 Å². The van der Waals surface area contributed by atoms with Crippen molar-refractivity contribution in [2.75, 3.05) is 13.2 Å². The van der Waals surface area contributed by atoms with Gasteiger partial charge in [-0.3, -0.25) is 0 Å². The molecular formula is C15H32O12. The summed E-state index contributed by atoms with van der Waals surface area (Å²) in [5.74, 6) is 0. The monoisotopic (exact) mass is 404 g/mol. The first-order chi connectivity index (χ1) is 12.5. The fourth-order valence-electron chi connectivity index (χ4n) is 2.41. The summed E-state index contributed by atoms with van der Waals surface area (Å²) in [5, 5.41) is 113. The van der Waals surface area contributed by atoms with Crippen LogP contribution in [-0.4, -0.2) is 136 Å². The van der Waals surface area contributed by atoms with Crippen LogP contribution in [0, 0.1) is 0 Å². The molecular weight excluding hydrogens is 372 g/mol. The Morgan fingerprint density at radius 1 is 0.370 bits per heavy atom. The van der Waals surface area contributed by atoms with Gasteiger partial charge in [-0.2, -0.15) is 0 Å². The Labute approximate surface area is 155 Å². The molecule has 0 aromatic heterocycles. The first-order valence-electron chi connectivity index (χ1n) is 8.51. The number of aliphatic hydroxyl groups excluding tert-OH is 12. The summed E-state index contributed by atoms with van der Waals surface area (Å²) in [5.41, 5.74) is 0. The molecule has 0 aliphatic rings. The van der Waals surface area contributed by atoms with Crippen LogP contribution in [0.5, 0.6) is 0 Å². The van der Waals surface area contributed by atoms with Gasteiger partial charge in [0.2, 0.25) is 0 Å². The summed E-state index contributed by atoms with van der Waals surface area (Å²) in [6.45, 7) is -1.74. The van der Waals surface area contributed by atoms with Gasteiger partial charge in [0.1, 0.15) is 48.8 Å². The smallest absolute Gasteiger partial charge is 0.111 e. The Morgan fingerprint density at radius 2 is 0.630 bits per heavy atom. The van der Waals surface area contributed by atoms with Crippen LogP contribution in [0.4, 0.5) is 0 Å². The van der Waals surface area contributed by atoms with Gasteiger partial charge in [0.25, 0.3) is 0 Å². The first kappa shape index (κ1) is 26.5. The minimum Gasteiger partial charge on any atom is -0.394 e. The van der Waals surface area contributed by atoms with E-state index in [0.717, 1.165) is 0 Å². The molecule has 2 unspecified atom stereocenters. The van der Waals surface area contributed by atoms with Crippen molar-refractivity contribution in [2.24, 2.45) is 0 Å². The lowest BCUT2D eigenvalue weighted by atomic mass is 9.93. The zero-order valence-electron chi connectivity index (χ0n) is 14.7. The summed E-state index contributed by atoms with van der Waals surface area (Å²) in [6.07, 6.45) is -18.5. The predicted molar refractivity (Wildman–Crippen MR) is 88.1 cm³/mol. The maximum absolute atomic E-state index is 9.79. The minimum absolute atomic E-state index is 0.0206. The average molecular weight is 404 g/mol. The van der Waals surface area contributed by atoms with Gasteiger partial charge >= 0.3 is 0 Å². The Morgan fingerprint density at radius 3 is 0.889 bits per heavy atom. The van der Waals surface area contributed by atoms with Crippen LogP contribution in [0.25, 0.3) is 0 Å². The Kier molecular flexibility index (Phi) is 12.6. The maximum Gasteiger partial charge on any atom is 0.111 e. The minimum atomic E-state index is -1.95. The molecule has 0 saturated heterocycles. The Hall–Kier alpha value is -0.480. The second-order valence-electron chi connectivity index (χ2n) is 6.51. The number of rotatable bonds is 14. The van der Waals surface area contributed by atoms with Crippen molar-refractivity contribution in [1.82, 2.24) is 0 Å². The molecule has 0 aliphatic heterocycles. The van der Waals surface area contributed by atoms with Crippen molar-refractivity contribution >= 4 is 0 Å². The van der Waals surface area contributed by atoms with Crippen molar-refractivity contribution in [3.05, 3.63) is 0 Å². The van der Waals surface area contributed by atoms with Gasteiger partial charge in [-0.25, -0.2) is 0 Å².